The highest BCUT2D eigenvalue weighted by Gasteiger charge is 2.24. The molecular weight excluding hydrogens is 240 g/mol. The minimum absolute atomic E-state index is 0.0833. The Morgan fingerprint density at radius 1 is 1.42 bits per heavy atom. The first-order chi connectivity index (χ1) is 8.75. The van der Waals surface area contributed by atoms with Crippen LogP contribution in [-0.4, -0.2) is 10.9 Å². The van der Waals surface area contributed by atoms with Crippen molar-refractivity contribution in [2.45, 2.75) is 27.7 Å². The van der Waals surface area contributed by atoms with E-state index >= 15 is 0 Å². The van der Waals surface area contributed by atoms with E-state index < -0.39 is 5.41 Å². The molecule has 100 valence electrons. The third-order valence-corrected chi connectivity index (χ3v) is 2.63. The SMILES string of the molecule is Cc1cc(O)ccc1N/C=C(\C#N)C(=O)C(C)(C)C. The largest absolute Gasteiger partial charge is 0.508 e. The van der Waals surface area contributed by atoms with Gasteiger partial charge in [-0.2, -0.15) is 5.26 Å². The van der Waals surface area contributed by atoms with Gasteiger partial charge in [-0.05, 0) is 30.7 Å². The van der Waals surface area contributed by atoms with E-state index in [1.54, 1.807) is 39.0 Å². The van der Waals surface area contributed by atoms with Crippen molar-refractivity contribution in [3.63, 3.8) is 0 Å². The number of nitriles is 1. The average Bonchev–Trinajstić information content (AvgIpc) is 2.30. The first-order valence-corrected chi connectivity index (χ1v) is 5.97. The highest BCUT2D eigenvalue weighted by Crippen LogP contribution is 2.22. The van der Waals surface area contributed by atoms with E-state index in [-0.39, 0.29) is 17.1 Å². The number of Topliss-reactive ketones (excluding diaryl/α,β-unsaturated/α-hetero) is 1. The molecule has 0 saturated carbocycles. The van der Waals surface area contributed by atoms with Crippen molar-refractivity contribution < 1.29 is 9.90 Å². The third kappa shape index (κ3) is 3.85. The van der Waals surface area contributed by atoms with Gasteiger partial charge in [0.1, 0.15) is 17.4 Å². The van der Waals surface area contributed by atoms with Gasteiger partial charge >= 0.3 is 0 Å². The number of nitrogens with zero attached hydrogens (tertiary/aromatic N) is 1. The highest BCUT2D eigenvalue weighted by molar-refractivity contribution is 6.02. The lowest BCUT2D eigenvalue weighted by Crippen LogP contribution is -2.22. The first kappa shape index (κ1) is 14.8. The quantitative estimate of drug-likeness (QED) is 0.496. The number of hydrogen-bond acceptors (Lipinski definition) is 4. The Morgan fingerprint density at radius 3 is 2.53 bits per heavy atom. The number of nitrogens with one attached hydrogen (secondary N) is 1. The fourth-order valence-electron chi connectivity index (χ4n) is 1.51. The molecule has 0 atom stereocenters. The lowest BCUT2D eigenvalue weighted by molar-refractivity contribution is -0.122. The third-order valence-electron chi connectivity index (χ3n) is 2.63. The van der Waals surface area contributed by atoms with Crippen molar-refractivity contribution in [2.24, 2.45) is 5.41 Å². The summed E-state index contributed by atoms with van der Waals surface area (Å²) in [7, 11) is 0. The molecule has 0 amide bonds. The Morgan fingerprint density at radius 2 is 2.05 bits per heavy atom. The standard InChI is InChI=1S/C15H18N2O2/c1-10-7-12(18)5-6-13(10)17-9-11(8-16)14(19)15(2,3)4/h5-7,9,17-18H,1-4H3/b11-9+. The summed E-state index contributed by atoms with van der Waals surface area (Å²) in [6.07, 6.45) is 1.41. The number of benzene rings is 1. The molecule has 1 rings (SSSR count). The van der Waals surface area contributed by atoms with Crippen LogP contribution in [-0.2, 0) is 4.79 Å². The molecule has 0 aliphatic heterocycles. The second kappa shape index (κ2) is 5.57. The Labute approximate surface area is 113 Å². The summed E-state index contributed by atoms with van der Waals surface area (Å²) in [5.74, 6) is -0.0303. The minimum Gasteiger partial charge on any atom is -0.508 e. The Kier molecular flexibility index (Phi) is 4.34. The van der Waals surface area contributed by atoms with Crippen LogP contribution < -0.4 is 5.32 Å². The highest BCUT2D eigenvalue weighted by atomic mass is 16.3. The monoisotopic (exact) mass is 258 g/mol. The van der Waals surface area contributed by atoms with Crippen LogP contribution in [0.1, 0.15) is 26.3 Å². The van der Waals surface area contributed by atoms with Crippen LogP contribution in [0.25, 0.3) is 0 Å². The van der Waals surface area contributed by atoms with Crippen molar-refractivity contribution in [1.29, 1.82) is 5.26 Å². The van der Waals surface area contributed by atoms with Crippen LogP contribution in [0.15, 0.2) is 30.0 Å². The molecule has 0 spiro atoms. The normalized spacial score (nSPS) is 11.8. The van der Waals surface area contributed by atoms with Crippen LogP contribution in [0.3, 0.4) is 0 Å². The smallest absolute Gasteiger partial charge is 0.180 e. The molecular formula is C15H18N2O2. The lowest BCUT2D eigenvalue weighted by Gasteiger charge is -2.15. The van der Waals surface area contributed by atoms with Crippen LogP contribution in [0.5, 0.6) is 5.75 Å². The minimum atomic E-state index is -0.590. The second-order valence-corrected chi connectivity index (χ2v) is 5.39. The molecule has 0 saturated heterocycles. The lowest BCUT2D eigenvalue weighted by atomic mass is 9.87. The number of rotatable bonds is 3. The van der Waals surface area contributed by atoms with E-state index in [0.29, 0.717) is 0 Å². The van der Waals surface area contributed by atoms with Gasteiger partial charge in [0.2, 0.25) is 0 Å². The molecule has 0 aliphatic carbocycles. The number of hydrogen-bond donors (Lipinski definition) is 2. The van der Waals surface area contributed by atoms with Crippen molar-refractivity contribution in [3.8, 4) is 11.8 Å². The van der Waals surface area contributed by atoms with E-state index in [0.717, 1.165) is 11.3 Å². The summed E-state index contributed by atoms with van der Waals surface area (Å²) in [5.41, 5.74) is 1.07. The molecule has 0 radical (unpaired) electrons. The number of carbonyl (C=O) groups is 1. The Balaban J connectivity index is 2.96. The van der Waals surface area contributed by atoms with Gasteiger partial charge in [0.05, 0.1) is 0 Å². The van der Waals surface area contributed by atoms with Gasteiger partial charge in [-0.25, -0.2) is 0 Å². The van der Waals surface area contributed by atoms with Gasteiger partial charge in [-0.15, -0.1) is 0 Å². The predicted octanol–water partition coefficient (Wildman–Crippen LogP) is 3.14. The van der Waals surface area contributed by atoms with Crippen LogP contribution >= 0.6 is 0 Å². The molecule has 0 aliphatic rings. The van der Waals surface area contributed by atoms with Gasteiger partial charge in [-0.3, -0.25) is 4.79 Å². The summed E-state index contributed by atoms with van der Waals surface area (Å²) in [4.78, 5) is 12.0. The molecule has 0 fully saturated rings. The summed E-state index contributed by atoms with van der Waals surface area (Å²) in [6, 6.07) is 6.75. The molecule has 4 nitrogen and oxygen atoms in total. The predicted molar refractivity (Wildman–Crippen MR) is 74.6 cm³/mol. The fraction of sp³-hybridized carbons (Fsp3) is 0.333. The van der Waals surface area contributed by atoms with E-state index in [2.05, 4.69) is 5.32 Å². The average molecular weight is 258 g/mol. The molecule has 4 heteroatoms. The summed E-state index contributed by atoms with van der Waals surface area (Å²) in [5, 5.41) is 21.3. The maximum atomic E-state index is 12.0. The van der Waals surface area contributed by atoms with Crippen molar-refractivity contribution in [2.75, 3.05) is 5.32 Å². The Bertz CT molecular complexity index is 560. The molecule has 1 aromatic rings. The van der Waals surface area contributed by atoms with Crippen molar-refractivity contribution in [3.05, 3.63) is 35.5 Å². The van der Waals surface area contributed by atoms with E-state index in [1.807, 2.05) is 13.0 Å². The molecule has 0 aromatic heterocycles. The zero-order chi connectivity index (χ0) is 14.6. The zero-order valence-electron chi connectivity index (χ0n) is 11.6. The summed E-state index contributed by atoms with van der Waals surface area (Å²) >= 11 is 0. The first-order valence-electron chi connectivity index (χ1n) is 5.97. The molecule has 0 heterocycles. The van der Waals surface area contributed by atoms with Gasteiger partial charge in [-0.1, -0.05) is 20.8 Å². The number of anilines is 1. The second-order valence-electron chi connectivity index (χ2n) is 5.39. The molecule has 0 unspecified atom stereocenters. The maximum Gasteiger partial charge on any atom is 0.180 e. The van der Waals surface area contributed by atoms with Crippen LogP contribution in [0, 0.1) is 23.7 Å². The van der Waals surface area contributed by atoms with E-state index in [4.69, 9.17) is 5.26 Å². The number of aryl methyl sites for hydroxylation is 1. The molecule has 0 bridgehead atoms. The van der Waals surface area contributed by atoms with Crippen LogP contribution in [0.4, 0.5) is 5.69 Å². The molecule has 19 heavy (non-hydrogen) atoms. The number of phenols is 1. The maximum absolute atomic E-state index is 12.0. The van der Waals surface area contributed by atoms with Gasteiger partial charge in [0, 0.05) is 17.3 Å². The van der Waals surface area contributed by atoms with E-state index in [1.165, 1.54) is 6.20 Å². The number of aromatic hydroxyl groups is 1. The summed E-state index contributed by atoms with van der Waals surface area (Å²) < 4.78 is 0. The molecule has 2 N–H and O–H groups in total. The number of carbonyl (C=O) groups excluding carboxylic acids is 1. The molecule has 1 aromatic carbocycles. The number of ketones is 1. The zero-order valence-corrected chi connectivity index (χ0v) is 11.6. The number of allylic oxidation sites excluding steroid dienone is 1. The fourth-order valence-corrected chi connectivity index (χ4v) is 1.51. The summed E-state index contributed by atoms with van der Waals surface area (Å²) in [6.45, 7) is 7.14. The topological polar surface area (TPSA) is 73.1 Å². The van der Waals surface area contributed by atoms with Crippen molar-refractivity contribution in [1.82, 2.24) is 0 Å². The van der Waals surface area contributed by atoms with E-state index in [9.17, 15) is 9.90 Å². The van der Waals surface area contributed by atoms with Gasteiger partial charge in [0.25, 0.3) is 0 Å². The van der Waals surface area contributed by atoms with Gasteiger partial charge in [0.15, 0.2) is 5.78 Å². The Hall–Kier alpha value is -2.28. The number of phenolic OH excluding ortho intramolecular Hbond substituents is 1. The van der Waals surface area contributed by atoms with Crippen LogP contribution in [0.2, 0.25) is 0 Å². The van der Waals surface area contributed by atoms with Crippen molar-refractivity contribution >= 4 is 11.5 Å². The van der Waals surface area contributed by atoms with Gasteiger partial charge < -0.3 is 10.4 Å².